The summed E-state index contributed by atoms with van der Waals surface area (Å²) >= 11 is 5.97. The van der Waals surface area contributed by atoms with Gasteiger partial charge in [-0.15, -0.1) is 0 Å². The number of carbonyl (C=O) groups is 1. The van der Waals surface area contributed by atoms with Gasteiger partial charge in [0.05, 0.1) is 34.6 Å². The summed E-state index contributed by atoms with van der Waals surface area (Å²) in [4.78, 5) is 22.6. The van der Waals surface area contributed by atoms with Gasteiger partial charge in [0.2, 0.25) is 5.91 Å². The van der Waals surface area contributed by atoms with E-state index in [1.165, 1.54) is 17.3 Å². The molecule has 2 aromatic carbocycles. The van der Waals surface area contributed by atoms with Crippen molar-refractivity contribution in [1.29, 1.82) is 0 Å². The van der Waals surface area contributed by atoms with Gasteiger partial charge in [0.15, 0.2) is 9.84 Å². The summed E-state index contributed by atoms with van der Waals surface area (Å²) in [5.41, 5.74) is 7.43. The Morgan fingerprint density at radius 2 is 1.82 bits per heavy atom. The van der Waals surface area contributed by atoms with Crippen LogP contribution in [0.2, 0.25) is 5.02 Å². The van der Waals surface area contributed by atoms with Crippen LogP contribution >= 0.6 is 11.6 Å². The molecule has 34 heavy (non-hydrogen) atoms. The largest absolute Gasteiger partial charge is 0.319 e. The first-order chi connectivity index (χ1) is 15.9. The highest BCUT2D eigenvalue weighted by atomic mass is 35.5. The number of amides is 1. The molecule has 0 fully saturated rings. The first-order valence-corrected chi connectivity index (χ1v) is 12.6. The van der Waals surface area contributed by atoms with E-state index in [4.69, 9.17) is 17.3 Å². The molecular weight excluding hydrogens is 479 g/mol. The number of benzene rings is 2. The number of rotatable bonds is 3. The Kier molecular flexibility index (Phi) is 6.22. The van der Waals surface area contributed by atoms with Crippen molar-refractivity contribution in [3.8, 4) is 11.3 Å². The minimum absolute atomic E-state index is 0.0360. The second-order valence-corrected chi connectivity index (χ2v) is 11.7. The Bertz CT molecular complexity index is 1370. The highest BCUT2D eigenvalue weighted by Gasteiger charge is 2.37. The third-order valence-electron chi connectivity index (χ3n) is 5.62. The van der Waals surface area contributed by atoms with E-state index in [2.05, 4.69) is 9.97 Å². The maximum Gasteiger partial charge on any atom is 0.245 e. The predicted octanol–water partition coefficient (Wildman–Crippen LogP) is 3.88. The van der Waals surface area contributed by atoms with Gasteiger partial charge in [0.1, 0.15) is 12.1 Å². The molecule has 0 radical (unpaired) electrons. The van der Waals surface area contributed by atoms with Crippen LogP contribution in [0, 0.1) is 5.82 Å². The monoisotopic (exact) mass is 502 g/mol. The van der Waals surface area contributed by atoms with Crippen molar-refractivity contribution in [2.75, 3.05) is 10.7 Å². The number of hydrogen-bond acceptors (Lipinski definition) is 6. The van der Waals surface area contributed by atoms with E-state index in [9.17, 15) is 13.2 Å². The molecule has 1 aliphatic heterocycles. The normalized spacial score (nSPS) is 17.9. The van der Waals surface area contributed by atoms with Gasteiger partial charge in [-0.3, -0.25) is 4.79 Å². The Morgan fingerprint density at radius 1 is 1.15 bits per heavy atom. The van der Waals surface area contributed by atoms with Gasteiger partial charge in [-0.05, 0) is 35.9 Å². The highest BCUT2D eigenvalue weighted by molar-refractivity contribution is 7.91. The molecule has 0 saturated carbocycles. The molecule has 1 aliphatic rings. The average molecular weight is 503 g/mol. The number of aromatic nitrogens is 2. The van der Waals surface area contributed by atoms with Gasteiger partial charge in [0, 0.05) is 21.7 Å². The number of hydrogen-bond donors (Lipinski definition) is 1. The van der Waals surface area contributed by atoms with Crippen molar-refractivity contribution in [2.45, 2.75) is 43.7 Å². The van der Waals surface area contributed by atoms with Crippen molar-refractivity contribution in [2.24, 2.45) is 5.73 Å². The lowest BCUT2D eigenvalue weighted by molar-refractivity contribution is -0.119. The number of nitrogens with zero attached hydrogens (tertiary/aromatic N) is 3. The fourth-order valence-electron chi connectivity index (χ4n) is 3.77. The molecule has 0 saturated heterocycles. The Balaban J connectivity index is 1.92. The van der Waals surface area contributed by atoms with Gasteiger partial charge in [0.25, 0.3) is 0 Å². The second kappa shape index (κ2) is 8.72. The number of nitrogens with two attached hydrogens (primary N) is 1. The van der Waals surface area contributed by atoms with Gasteiger partial charge in [-0.2, -0.15) is 0 Å². The Morgan fingerprint density at radius 3 is 2.47 bits per heavy atom. The zero-order valence-corrected chi connectivity index (χ0v) is 20.5. The van der Waals surface area contributed by atoms with Crippen LogP contribution in [0.5, 0.6) is 0 Å². The predicted molar refractivity (Wildman–Crippen MR) is 129 cm³/mol. The van der Waals surface area contributed by atoms with Gasteiger partial charge in [-0.25, -0.2) is 22.8 Å². The number of fused-ring (bicyclic) bond motifs is 1. The molecule has 0 unspecified atom stereocenters. The van der Waals surface area contributed by atoms with Gasteiger partial charge < -0.3 is 10.6 Å². The van der Waals surface area contributed by atoms with Crippen molar-refractivity contribution in [3.05, 3.63) is 70.9 Å². The molecule has 1 aromatic heterocycles. The third-order valence-corrected chi connectivity index (χ3v) is 7.67. The van der Waals surface area contributed by atoms with E-state index in [1.54, 1.807) is 30.3 Å². The van der Waals surface area contributed by atoms with E-state index in [0.717, 1.165) is 6.07 Å². The summed E-state index contributed by atoms with van der Waals surface area (Å²) in [6, 6.07) is 9.45. The molecule has 178 valence electrons. The summed E-state index contributed by atoms with van der Waals surface area (Å²) in [5.74, 6) is -1.96. The zero-order chi connectivity index (χ0) is 24.8. The van der Waals surface area contributed by atoms with Crippen molar-refractivity contribution in [1.82, 2.24) is 9.97 Å². The Hall–Kier alpha value is -2.88. The van der Waals surface area contributed by atoms with Crippen LogP contribution in [-0.4, -0.2) is 36.1 Å². The number of carbonyl (C=O) groups excluding carboxylic acids is 1. The number of halogens is 2. The fraction of sp³-hybridized carbons (Fsp3) is 0.292. The van der Waals surface area contributed by atoms with Crippen molar-refractivity contribution >= 4 is 33.0 Å². The summed E-state index contributed by atoms with van der Waals surface area (Å²) < 4.78 is 41.3. The first kappa shape index (κ1) is 24.3. The zero-order valence-electron chi connectivity index (χ0n) is 18.9. The Labute approximate surface area is 202 Å². The summed E-state index contributed by atoms with van der Waals surface area (Å²) in [6.07, 6.45) is 1.34. The molecule has 7 nitrogen and oxygen atoms in total. The lowest BCUT2D eigenvalue weighted by atomic mass is 9.91. The van der Waals surface area contributed by atoms with Crippen molar-refractivity contribution < 1.29 is 17.6 Å². The number of sulfone groups is 1. The minimum Gasteiger partial charge on any atom is -0.319 e. The minimum atomic E-state index is -4.03. The molecule has 0 aliphatic carbocycles. The molecule has 4 rings (SSSR count). The molecule has 1 atom stereocenters. The van der Waals surface area contributed by atoms with E-state index >= 15 is 4.39 Å². The molecule has 10 heteroatoms. The van der Waals surface area contributed by atoms with Gasteiger partial charge >= 0.3 is 0 Å². The SMILES string of the molecule is CC(C)(C)c1cc(-c2cc3c(cc2F)S(=O)(=O)C[C@H](N)C(=O)N3Cc2ccc(Cl)cc2)ncn1. The maximum absolute atomic E-state index is 15.3. The molecule has 3 aromatic rings. The summed E-state index contributed by atoms with van der Waals surface area (Å²) in [5, 5.41) is 0.522. The molecular formula is C24H24ClFN4O3S. The molecule has 0 bridgehead atoms. The van der Waals surface area contributed by atoms with E-state index in [-0.39, 0.29) is 33.8 Å². The standard InChI is InChI=1S/C24H24ClFN4O3S/c1-24(2,3)22-10-19(28-13-29-22)16-8-20-21(9-17(16)26)34(32,33)12-18(27)23(31)30(20)11-14-4-6-15(25)7-5-14/h4-10,13,18H,11-12,27H2,1-3H3/t18-/m0/s1. The van der Waals surface area contributed by atoms with Crippen LogP contribution in [-0.2, 0) is 26.6 Å². The average Bonchev–Trinajstić information content (AvgIpc) is 2.83. The van der Waals surface area contributed by atoms with Crippen LogP contribution < -0.4 is 10.6 Å². The van der Waals surface area contributed by atoms with Crippen LogP contribution in [0.25, 0.3) is 11.3 Å². The first-order valence-electron chi connectivity index (χ1n) is 10.6. The lowest BCUT2D eigenvalue weighted by Crippen LogP contribution is -2.45. The molecule has 0 spiro atoms. The smallest absolute Gasteiger partial charge is 0.245 e. The van der Waals surface area contributed by atoms with E-state index in [1.807, 2.05) is 20.8 Å². The molecule has 2 N–H and O–H groups in total. The molecule has 2 heterocycles. The van der Waals surface area contributed by atoms with Crippen LogP contribution in [0.1, 0.15) is 32.0 Å². The lowest BCUT2D eigenvalue weighted by Gasteiger charge is -2.25. The number of anilines is 1. The van der Waals surface area contributed by atoms with Crippen LogP contribution in [0.3, 0.4) is 0 Å². The van der Waals surface area contributed by atoms with Crippen LogP contribution in [0.15, 0.2) is 53.7 Å². The third kappa shape index (κ3) is 4.68. The van der Waals surface area contributed by atoms with E-state index < -0.39 is 33.4 Å². The van der Waals surface area contributed by atoms with Crippen molar-refractivity contribution in [3.63, 3.8) is 0 Å². The maximum atomic E-state index is 15.3. The van der Waals surface area contributed by atoms with Crippen LogP contribution in [0.4, 0.5) is 10.1 Å². The quantitative estimate of drug-likeness (QED) is 0.582. The topological polar surface area (TPSA) is 106 Å². The fourth-order valence-corrected chi connectivity index (χ4v) is 5.46. The molecule has 1 amide bonds. The summed E-state index contributed by atoms with van der Waals surface area (Å²) in [7, 11) is -4.03. The highest BCUT2D eigenvalue weighted by Crippen LogP contribution is 2.37. The van der Waals surface area contributed by atoms with Gasteiger partial charge in [-0.1, -0.05) is 44.5 Å². The summed E-state index contributed by atoms with van der Waals surface area (Å²) in [6.45, 7) is 5.93. The second-order valence-electron chi connectivity index (χ2n) is 9.28. The van der Waals surface area contributed by atoms with E-state index in [0.29, 0.717) is 16.3 Å².